The number of carbonyl (C=O) groups excluding carboxylic acids is 1. The molecule has 0 N–H and O–H groups in total. The third-order valence-electron chi connectivity index (χ3n) is 2.93. The first kappa shape index (κ1) is 13.8. The van der Waals surface area contributed by atoms with Gasteiger partial charge in [-0.05, 0) is 12.8 Å². The highest BCUT2D eigenvalue weighted by Crippen LogP contribution is 2.19. The van der Waals surface area contributed by atoms with Gasteiger partial charge in [0, 0.05) is 0 Å². The summed E-state index contributed by atoms with van der Waals surface area (Å²) in [6, 6.07) is 0. The van der Waals surface area contributed by atoms with Gasteiger partial charge in [0.15, 0.2) is 6.79 Å². The first-order chi connectivity index (χ1) is 7.83. The Labute approximate surface area is 102 Å². The van der Waals surface area contributed by atoms with E-state index in [0.29, 0.717) is 0 Å². The van der Waals surface area contributed by atoms with Gasteiger partial charge in [-0.2, -0.15) is 0 Å². The van der Waals surface area contributed by atoms with Crippen LogP contribution in [-0.4, -0.2) is 24.7 Å². The van der Waals surface area contributed by atoms with Crippen molar-refractivity contribution in [2.75, 3.05) is 12.7 Å². The van der Waals surface area contributed by atoms with E-state index in [4.69, 9.17) is 21.1 Å². The highest BCUT2D eigenvalue weighted by molar-refractivity contribution is 6.26. The molecule has 0 amide bonds. The number of esters is 1. The molecule has 1 fully saturated rings. The van der Waals surface area contributed by atoms with Crippen molar-refractivity contribution in [2.24, 2.45) is 0 Å². The van der Waals surface area contributed by atoms with Crippen molar-refractivity contribution >= 4 is 17.6 Å². The molecule has 1 aliphatic carbocycles. The Balaban J connectivity index is 2.14. The third kappa shape index (κ3) is 6.33. The Bertz CT molecular complexity index is 187. The van der Waals surface area contributed by atoms with Gasteiger partial charge in [-0.25, -0.2) is 0 Å². The van der Waals surface area contributed by atoms with Crippen molar-refractivity contribution in [1.82, 2.24) is 0 Å². The minimum atomic E-state index is -0.412. The Morgan fingerprint density at radius 2 is 1.62 bits per heavy atom. The molecular weight excluding hydrogens is 228 g/mol. The molecule has 0 heterocycles. The van der Waals surface area contributed by atoms with Crippen LogP contribution in [0.25, 0.3) is 0 Å². The van der Waals surface area contributed by atoms with Gasteiger partial charge in [0.05, 0.1) is 6.10 Å². The molecule has 0 bridgehead atoms. The maximum Gasteiger partial charge on any atom is 0.322 e. The van der Waals surface area contributed by atoms with Crippen LogP contribution >= 0.6 is 11.6 Å². The Kier molecular flexibility index (Phi) is 7.60. The summed E-state index contributed by atoms with van der Waals surface area (Å²) in [5.74, 6) is -0.515. The topological polar surface area (TPSA) is 35.5 Å². The number of rotatable bonds is 4. The molecule has 0 aromatic carbocycles. The summed E-state index contributed by atoms with van der Waals surface area (Å²) < 4.78 is 10.3. The number of hydrogen-bond donors (Lipinski definition) is 0. The van der Waals surface area contributed by atoms with Crippen molar-refractivity contribution in [1.29, 1.82) is 0 Å². The largest absolute Gasteiger partial charge is 0.438 e. The Morgan fingerprint density at radius 3 is 2.19 bits per heavy atom. The summed E-state index contributed by atoms with van der Waals surface area (Å²) in [6.45, 7) is 0.0518. The minimum Gasteiger partial charge on any atom is -0.438 e. The molecule has 3 nitrogen and oxygen atoms in total. The van der Waals surface area contributed by atoms with E-state index in [2.05, 4.69) is 0 Å². The average Bonchev–Trinajstić information content (AvgIpc) is 2.42. The molecule has 4 heteroatoms. The number of alkyl halides is 1. The van der Waals surface area contributed by atoms with E-state index in [-0.39, 0.29) is 18.8 Å². The van der Waals surface area contributed by atoms with Gasteiger partial charge in [-0.3, -0.25) is 4.79 Å². The number of hydrogen-bond acceptors (Lipinski definition) is 3. The second-order valence-corrected chi connectivity index (χ2v) is 4.52. The van der Waals surface area contributed by atoms with Gasteiger partial charge in [-0.1, -0.05) is 38.5 Å². The second kappa shape index (κ2) is 8.82. The molecule has 0 atom stereocenters. The van der Waals surface area contributed by atoms with Gasteiger partial charge in [0.2, 0.25) is 0 Å². The van der Waals surface area contributed by atoms with E-state index in [9.17, 15) is 4.79 Å². The van der Waals surface area contributed by atoms with Crippen LogP contribution in [0.5, 0.6) is 0 Å². The summed E-state index contributed by atoms with van der Waals surface area (Å²) in [5, 5.41) is 0. The zero-order valence-corrected chi connectivity index (χ0v) is 10.5. The summed E-state index contributed by atoms with van der Waals surface area (Å²) in [5.41, 5.74) is 0. The standard InChI is InChI=1S/C12H21ClO3/c13-9-12(14)16-10-15-11-7-5-3-1-2-4-6-8-11/h11H,1-10H2. The molecule has 1 saturated carbocycles. The normalized spacial score (nSPS) is 19.6. The summed E-state index contributed by atoms with van der Waals surface area (Å²) in [7, 11) is 0. The predicted octanol–water partition coefficient (Wildman–Crippen LogP) is 3.25. The van der Waals surface area contributed by atoms with Crippen molar-refractivity contribution < 1.29 is 14.3 Å². The van der Waals surface area contributed by atoms with Crippen LogP contribution in [-0.2, 0) is 14.3 Å². The average molecular weight is 249 g/mol. The molecule has 0 saturated heterocycles. The van der Waals surface area contributed by atoms with Crippen molar-refractivity contribution in [3.05, 3.63) is 0 Å². The third-order valence-corrected chi connectivity index (χ3v) is 3.15. The zero-order chi connectivity index (χ0) is 11.6. The molecule has 0 unspecified atom stereocenters. The van der Waals surface area contributed by atoms with E-state index in [1.165, 1.54) is 38.5 Å². The first-order valence-corrected chi connectivity index (χ1v) is 6.69. The lowest BCUT2D eigenvalue weighted by molar-refractivity contribution is -0.158. The fraction of sp³-hybridized carbons (Fsp3) is 0.917. The summed E-state index contributed by atoms with van der Waals surface area (Å²) >= 11 is 5.31. The Hall–Kier alpha value is -0.280. The van der Waals surface area contributed by atoms with Crippen LogP contribution in [0.2, 0.25) is 0 Å². The SMILES string of the molecule is O=C(CCl)OCOC1CCCCCCCC1. The molecule has 1 aliphatic rings. The van der Waals surface area contributed by atoms with E-state index < -0.39 is 5.97 Å². The highest BCUT2D eigenvalue weighted by atomic mass is 35.5. The lowest BCUT2D eigenvalue weighted by Crippen LogP contribution is -2.17. The predicted molar refractivity (Wildman–Crippen MR) is 63.5 cm³/mol. The van der Waals surface area contributed by atoms with Gasteiger partial charge in [0.25, 0.3) is 0 Å². The van der Waals surface area contributed by atoms with E-state index >= 15 is 0 Å². The maximum absolute atomic E-state index is 10.8. The van der Waals surface area contributed by atoms with Crippen LogP contribution in [0.3, 0.4) is 0 Å². The lowest BCUT2D eigenvalue weighted by atomic mass is 10.1. The number of halogens is 1. The number of ether oxygens (including phenoxy) is 2. The molecule has 16 heavy (non-hydrogen) atoms. The summed E-state index contributed by atoms with van der Waals surface area (Å²) in [4.78, 5) is 10.8. The van der Waals surface area contributed by atoms with E-state index in [1.807, 2.05) is 0 Å². The first-order valence-electron chi connectivity index (χ1n) is 6.16. The minimum absolute atomic E-state index is 0.0518. The molecule has 0 aliphatic heterocycles. The van der Waals surface area contributed by atoms with Crippen molar-refractivity contribution in [2.45, 2.75) is 57.5 Å². The van der Waals surface area contributed by atoms with Gasteiger partial charge >= 0.3 is 5.97 Å². The molecule has 0 spiro atoms. The molecule has 0 aromatic heterocycles. The molecule has 0 radical (unpaired) electrons. The smallest absolute Gasteiger partial charge is 0.322 e. The van der Waals surface area contributed by atoms with Crippen LogP contribution in [0, 0.1) is 0 Å². The zero-order valence-electron chi connectivity index (χ0n) is 9.75. The van der Waals surface area contributed by atoms with Crippen molar-refractivity contribution in [3.8, 4) is 0 Å². The highest BCUT2D eigenvalue weighted by Gasteiger charge is 2.11. The fourth-order valence-corrected chi connectivity index (χ4v) is 2.07. The van der Waals surface area contributed by atoms with Gasteiger partial charge < -0.3 is 9.47 Å². The van der Waals surface area contributed by atoms with Crippen molar-refractivity contribution in [3.63, 3.8) is 0 Å². The molecule has 1 rings (SSSR count). The Morgan fingerprint density at radius 1 is 1.06 bits per heavy atom. The van der Waals surface area contributed by atoms with E-state index in [1.54, 1.807) is 0 Å². The quantitative estimate of drug-likeness (QED) is 0.435. The second-order valence-electron chi connectivity index (χ2n) is 4.26. The maximum atomic E-state index is 10.8. The monoisotopic (exact) mass is 248 g/mol. The number of carbonyl (C=O) groups is 1. The van der Waals surface area contributed by atoms with Gasteiger partial charge in [0.1, 0.15) is 5.88 Å². The van der Waals surface area contributed by atoms with Crippen LogP contribution in [0.1, 0.15) is 51.4 Å². The molecule has 0 aromatic rings. The van der Waals surface area contributed by atoms with E-state index in [0.717, 1.165) is 12.8 Å². The molecular formula is C12H21ClO3. The lowest BCUT2D eigenvalue weighted by Gasteiger charge is -2.16. The van der Waals surface area contributed by atoms with Crippen LogP contribution < -0.4 is 0 Å². The fourth-order valence-electron chi connectivity index (χ4n) is 2.00. The van der Waals surface area contributed by atoms with Crippen LogP contribution in [0.4, 0.5) is 0 Å². The summed E-state index contributed by atoms with van der Waals surface area (Å²) in [6.07, 6.45) is 10.1. The van der Waals surface area contributed by atoms with Crippen LogP contribution in [0.15, 0.2) is 0 Å². The van der Waals surface area contributed by atoms with Gasteiger partial charge in [-0.15, -0.1) is 11.6 Å². The molecule has 94 valence electrons.